The number of ether oxygens (including phenoxy) is 8. The summed E-state index contributed by atoms with van der Waals surface area (Å²) in [4.78, 5) is 46.5. The lowest BCUT2D eigenvalue weighted by atomic mass is 9.91. The zero-order chi connectivity index (χ0) is 38.7. The molecule has 0 heterocycles. The molecule has 0 aliphatic heterocycles. The van der Waals surface area contributed by atoms with Gasteiger partial charge in [-0.1, -0.05) is 0 Å². The summed E-state index contributed by atoms with van der Waals surface area (Å²) in [6.45, 7) is -1.07. The second-order valence-corrected chi connectivity index (χ2v) is 11.3. The van der Waals surface area contributed by atoms with Gasteiger partial charge in [0.1, 0.15) is 31.8 Å². The highest BCUT2D eigenvalue weighted by molar-refractivity contribution is 5.90. The van der Waals surface area contributed by atoms with Crippen molar-refractivity contribution in [2.24, 2.45) is 5.41 Å². The summed E-state index contributed by atoms with van der Waals surface area (Å²) in [5.41, 5.74) is -1.57. The maximum atomic E-state index is 11.6. The van der Waals surface area contributed by atoms with Crippen molar-refractivity contribution < 1.29 is 77.5 Å². The minimum atomic E-state index is -1.35. The Labute approximate surface area is 302 Å². The van der Waals surface area contributed by atoms with Crippen LogP contribution in [0.25, 0.3) is 0 Å². The van der Waals surface area contributed by atoms with Crippen LogP contribution >= 0.6 is 0 Å². The van der Waals surface area contributed by atoms with E-state index < -0.39 is 29.3 Å². The molecule has 0 atom stereocenters. The van der Waals surface area contributed by atoms with E-state index in [9.17, 15) is 39.6 Å². The third-order valence-electron chi connectivity index (χ3n) is 7.78. The normalized spacial score (nSPS) is 10.8. The molecule has 16 heteroatoms. The van der Waals surface area contributed by atoms with Crippen LogP contribution in [-0.4, -0.2) is 99.2 Å². The summed E-state index contributed by atoms with van der Waals surface area (Å²) in [5.74, 6) is -3.74. The SMILES string of the molecule is COc1cc(C(=O)O)ccc1OCC(COc1ccc(C(=O)O)cc1OC)(COc1ccc(C(=O)O)cc1OC)COc1ccc(C(=O)O)cc1OC. The van der Waals surface area contributed by atoms with E-state index in [0.717, 1.165) is 0 Å². The molecule has 0 amide bonds. The average Bonchev–Trinajstić information content (AvgIpc) is 3.16. The van der Waals surface area contributed by atoms with Crippen LogP contribution in [0, 0.1) is 5.41 Å². The van der Waals surface area contributed by atoms with Gasteiger partial charge in [0, 0.05) is 0 Å². The van der Waals surface area contributed by atoms with Crippen molar-refractivity contribution in [1.82, 2.24) is 0 Å². The summed E-state index contributed by atoms with van der Waals surface area (Å²) >= 11 is 0. The second kappa shape index (κ2) is 17.4. The maximum Gasteiger partial charge on any atom is 0.335 e. The number of carboxylic acid groups (broad SMARTS) is 4. The van der Waals surface area contributed by atoms with Gasteiger partial charge in [-0.15, -0.1) is 0 Å². The fourth-order valence-corrected chi connectivity index (χ4v) is 4.85. The maximum absolute atomic E-state index is 11.6. The molecule has 4 rings (SSSR count). The average molecular weight is 737 g/mol. The molecule has 0 unspecified atom stereocenters. The van der Waals surface area contributed by atoms with Crippen LogP contribution in [0.3, 0.4) is 0 Å². The van der Waals surface area contributed by atoms with Gasteiger partial charge in [0.15, 0.2) is 46.0 Å². The number of benzene rings is 4. The van der Waals surface area contributed by atoms with Gasteiger partial charge >= 0.3 is 23.9 Å². The van der Waals surface area contributed by atoms with Gasteiger partial charge in [-0.3, -0.25) is 0 Å². The van der Waals surface area contributed by atoms with Crippen LogP contribution in [0.15, 0.2) is 72.8 Å². The molecule has 0 aliphatic carbocycles. The van der Waals surface area contributed by atoms with E-state index >= 15 is 0 Å². The number of hydrogen-bond donors (Lipinski definition) is 4. The van der Waals surface area contributed by atoms with Gasteiger partial charge < -0.3 is 58.3 Å². The lowest BCUT2D eigenvalue weighted by Gasteiger charge is -2.33. The smallest absolute Gasteiger partial charge is 0.335 e. The van der Waals surface area contributed by atoms with Crippen molar-refractivity contribution in [2.45, 2.75) is 0 Å². The molecular formula is C37H36O16. The Hall–Kier alpha value is -6.84. The standard InChI is InChI=1S/C37H36O16/c1-46-29-13-21(33(38)39)5-9-25(29)50-17-37(18-51-26-10-6-22(34(40)41)14-30(26)47-2,19-52-27-11-7-23(35(42)43)15-31(27)48-3)20-53-28-12-8-24(36(44)45)16-32(28)49-4/h5-16H,17-20H2,1-4H3,(H,38,39)(H,40,41)(H,42,43)(H,44,45). The van der Waals surface area contributed by atoms with Crippen molar-refractivity contribution in [2.75, 3.05) is 54.9 Å². The van der Waals surface area contributed by atoms with E-state index in [0.29, 0.717) is 0 Å². The van der Waals surface area contributed by atoms with Crippen molar-refractivity contribution >= 4 is 23.9 Å². The van der Waals surface area contributed by atoms with Crippen LogP contribution < -0.4 is 37.9 Å². The summed E-state index contributed by atoms with van der Waals surface area (Å²) < 4.78 is 46.5. The number of carbonyl (C=O) groups is 4. The summed E-state index contributed by atoms with van der Waals surface area (Å²) in [7, 11) is 5.35. The van der Waals surface area contributed by atoms with Crippen LogP contribution in [-0.2, 0) is 0 Å². The quantitative estimate of drug-likeness (QED) is 0.0924. The molecule has 0 radical (unpaired) electrons. The molecular weight excluding hydrogens is 700 g/mol. The Morgan fingerprint density at radius 3 is 0.774 bits per heavy atom. The van der Waals surface area contributed by atoms with E-state index in [1.54, 1.807) is 0 Å². The van der Waals surface area contributed by atoms with Crippen molar-refractivity contribution in [3.05, 3.63) is 95.1 Å². The number of rotatable bonds is 20. The third-order valence-corrected chi connectivity index (χ3v) is 7.78. The van der Waals surface area contributed by atoms with Gasteiger partial charge in [-0.25, -0.2) is 19.2 Å². The van der Waals surface area contributed by atoms with Crippen LogP contribution in [0.2, 0.25) is 0 Å². The van der Waals surface area contributed by atoms with Crippen LogP contribution in [0.4, 0.5) is 0 Å². The predicted octanol–water partition coefficient (Wildman–Crippen LogP) is 5.12. The highest BCUT2D eigenvalue weighted by Gasteiger charge is 2.37. The Bertz CT molecular complexity index is 1690. The fourth-order valence-electron chi connectivity index (χ4n) is 4.85. The monoisotopic (exact) mass is 736 g/mol. The molecule has 16 nitrogen and oxygen atoms in total. The third kappa shape index (κ3) is 9.69. The molecule has 0 aromatic heterocycles. The Balaban J connectivity index is 1.80. The number of hydrogen-bond acceptors (Lipinski definition) is 12. The fraction of sp³-hybridized carbons (Fsp3) is 0.243. The van der Waals surface area contributed by atoms with Crippen molar-refractivity contribution in [3.63, 3.8) is 0 Å². The van der Waals surface area contributed by atoms with Gasteiger partial charge in [-0.05, 0) is 72.8 Å². The van der Waals surface area contributed by atoms with Crippen LogP contribution in [0.1, 0.15) is 41.4 Å². The zero-order valence-corrected chi connectivity index (χ0v) is 28.9. The van der Waals surface area contributed by atoms with E-state index in [1.807, 2.05) is 0 Å². The van der Waals surface area contributed by atoms with Gasteiger partial charge in [0.25, 0.3) is 0 Å². The van der Waals surface area contributed by atoms with E-state index in [1.165, 1.54) is 101 Å². The lowest BCUT2D eigenvalue weighted by molar-refractivity contribution is -0.00577. The first kappa shape index (κ1) is 39.0. The predicted molar refractivity (Wildman–Crippen MR) is 184 cm³/mol. The molecule has 53 heavy (non-hydrogen) atoms. The summed E-state index contributed by atoms with van der Waals surface area (Å²) in [5, 5.41) is 37.9. The molecule has 4 aromatic carbocycles. The molecule has 280 valence electrons. The molecule has 0 aliphatic rings. The zero-order valence-electron chi connectivity index (χ0n) is 28.9. The highest BCUT2D eigenvalue weighted by atomic mass is 16.6. The first-order valence-electron chi connectivity index (χ1n) is 15.5. The van der Waals surface area contributed by atoms with E-state index in [4.69, 9.17) is 37.9 Å². The number of methoxy groups -OCH3 is 4. The first-order valence-corrected chi connectivity index (χ1v) is 15.5. The van der Waals surface area contributed by atoms with E-state index in [-0.39, 0.29) is 94.7 Å². The molecule has 0 bridgehead atoms. The molecule has 0 saturated heterocycles. The highest BCUT2D eigenvalue weighted by Crippen LogP contribution is 2.37. The second-order valence-electron chi connectivity index (χ2n) is 11.3. The van der Waals surface area contributed by atoms with Gasteiger partial charge in [0.05, 0.1) is 50.7 Å². The van der Waals surface area contributed by atoms with Gasteiger partial charge in [0.2, 0.25) is 0 Å². The molecule has 4 N–H and O–H groups in total. The van der Waals surface area contributed by atoms with Crippen molar-refractivity contribution in [1.29, 1.82) is 0 Å². The molecule has 0 saturated carbocycles. The Kier molecular flexibility index (Phi) is 12.8. The minimum Gasteiger partial charge on any atom is -0.493 e. The van der Waals surface area contributed by atoms with Crippen LogP contribution in [0.5, 0.6) is 46.0 Å². The van der Waals surface area contributed by atoms with Gasteiger partial charge in [-0.2, -0.15) is 0 Å². The first-order chi connectivity index (χ1) is 25.3. The topological polar surface area (TPSA) is 223 Å². The number of carboxylic acids is 4. The Morgan fingerprint density at radius 2 is 0.604 bits per heavy atom. The number of aromatic carboxylic acids is 4. The van der Waals surface area contributed by atoms with Crippen molar-refractivity contribution in [3.8, 4) is 46.0 Å². The molecule has 0 fully saturated rings. The van der Waals surface area contributed by atoms with E-state index in [2.05, 4.69) is 0 Å². The Morgan fingerprint density at radius 1 is 0.396 bits per heavy atom. The molecule has 4 aromatic rings. The summed E-state index contributed by atoms with van der Waals surface area (Å²) in [6, 6.07) is 16.0. The largest absolute Gasteiger partial charge is 0.493 e. The summed E-state index contributed by atoms with van der Waals surface area (Å²) in [6.07, 6.45) is 0. The lowest BCUT2D eigenvalue weighted by Crippen LogP contribution is -2.45. The minimum absolute atomic E-state index is 0.0545. The molecule has 0 spiro atoms.